The third-order valence-electron chi connectivity index (χ3n) is 4.88. The van der Waals surface area contributed by atoms with Crippen LogP contribution in [0.5, 0.6) is 0 Å². The Bertz CT molecular complexity index is 437. The number of amides is 1. The van der Waals surface area contributed by atoms with Gasteiger partial charge in [0.2, 0.25) is 0 Å². The summed E-state index contributed by atoms with van der Waals surface area (Å²) in [7, 11) is 0. The second kappa shape index (κ2) is 6.43. The van der Waals surface area contributed by atoms with Crippen molar-refractivity contribution in [2.45, 2.75) is 57.3 Å². The summed E-state index contributed by atoms with van der Waals surface area (Å²) >= 11 is 0. The van der Waals surface area contributed by atoms with Crippen molar-refractivity contribution in [1.29, 1.82) is 0 Å². The maximum atomic E-state index is 12.5. The molecule has 0 unspecified atom stereocenters. The number of rotatable bonds is 2. The van der Waals surface area contributed by atoms with E-state index in [9.17, 15) is 4.79 Å². The minimum atomic E-state index is 0.227. The first-order valence-electron chi connectivity index (χ1n) is 8.24. The Morgan fingerprint density at radius 2 is 1.45 bits per heavy atom. The maximum absolute atomic E-state index is 12.5. The molecule has 1 saturated heterocycles. The van der Waals surface area contributed by atoms with Crippen molar-refractivity contribution in [1.82, 2.24) is 4.90 Å². The molecular weight excluding hydrogens is 246 g/mol. The summed E-state index contributed by atoms with van der Waals surface area (Å²) in [5.41, 5.74) is 2.29. The lowest BCUT2D eigenvalue weighted by molar-refractivity contribution is 0.0761. The second-order valence-corrected chi connectivity index (χ2v) is 6.31. The third kappa shape index (κ3) is 3.05. The fraction of sp³-hybridized carbons (Fsp3) is 0.611. The van der Waals surface area contributed by atoms with Gasteiger partial charge >= 0.3 is 0 Å². The summed E-state index contributed by atoms with van der Waals surface area (Å²) in [6, 6.07) is 8.45. The molecule has 2 aliphatic rings. The van der Waals surface area contributed by atoms with Gasteiger partial charge in [0.1, 0.15) is 0 Å². The topological polar surface area (TPSA) is 20.3 Å². The summed E-state index contributed by atoms with van der Waals surface area (Å²) in [6.07, 6.45) is 10.2. The maximum Gasteiger partial charge on any atom is 0.253 e. The quantitative estimate of drug-likeness (QED) is 0.782. The van der Waals surface area contributed by atoms with Gasteiger partial charge in [0.15, 0.2) is 0 Å². The van der Waals surface area contributed by atoms with E-state index >= 15 is 0 Å². The highest BCUT2D eigenvalue weighted by Gasteiger charge is 2.19. The number of carbonyl (C=O) groups is 1. The lowest BCUT2D eigenvalue weighted by atomic mass is 9.96. The van der Waals surface area contributed by atoms with E-state index in [1.165, 1.54) is 44.1 Å². The predicted molar refractivity (Wildman–Crippen MR) is 82.0 cm³/mol. The fourth-order valence-electron chi connectivity index (χ4n) is 3.61. The van der Waals surface area contributed by atoms with E-state index in [0.717, 1.165) is 37.4 Å². The minimum absolute atomic E-state index is 0.227. The summed E-state index contributed by atoms with van der Waals surface area (Å²) < 4.78 is 0. The lowest BCUT2D eigenvalue weighted by Gasteiger charge is -2.20. The standard InChI is InChI=1S/C18H25NO/c20-18(19-13-5-1-2-6-14-19)17-11-9-16(10-12-17)15-7-3-4-8-15/h9-12,15H,1-8,13-14H2. The molecule has 0 atom stereocenters. The summed E-state index contributed by atoms with van der Waals surface area (Å²) in [6.45, 7) is 1.87. The molecule has 3 rings (SSSR count). The van der Waals surface area contributed by atoms with Crippen LogP contribution in [-0.2, 0) is 0 Å². The normalized spacial score (nSPS) is 20.9. The monoisotopic (exact) mass is 271 g/mol. The van der Waals surface area contributed by atoms with Gasteiger partial charge in [-0.3, -0.25) is 4.79 Å². The molecule has 20 heavy (non-hydrogen) atoms. The molecule has 0 N–H and O–H groups in total. The Balaban J connectivity index is 1.68. The summed E-state index contributed by atoms with van der Waals surface area (Å²) in [5.74, 6) is 0.960. The molecule has 2 fully saturated rings. The van der Waals surface area contributed by atoms with Gasteiger partial charge in [0, 0.05) is 18.7 Å². The van der Waals surface area contributed by atoms with Crippen LogP contribution in [0.2, 0.25) is 0 Å². The first kappa shape index (κ1) is 13.7. The van der Waals surface area contributed by atoms with E-state index in [1.807, 2.05) is 17.0 Å². The highest BCUT2D eigenvalue weighted by atomic mass is 16.2. The molecule has 1 saturated carbocycles. The van der Waals surface area contributed by atoms with Gasteiger partial charge in [0.05, 0.1) is 0 Å². The summed E-state index contributed by atoms with van der Waals surface area (Å²) in [4.78, 5) is 14.6. The van der Waals surface area contributed by atoms with Gasteiger partial charge < -0.3 is 4.90 Å². The van der Waals surface area contributed by atoms with Crippen molar-refractivity contribution in [3.63, 3.8) is 0 Å². The molecule has 1 aliphatic heterocycles. The average Bonchev–Trinajstić information content (AvgIpc) is 2.89. The first-order valence-corrected chi connectivity index (χ1v) is 8.24. The van der Waals surface area contributed by atoms with Crippen LogP contribution in [0.15, 0.2) is 24.3 Å². The Kier molecular flexibility index (Phi) is 4.39. The molecule has 1 aromatic carbocycles. The highest BCUT2D eigenvalue weighted by Crippen LogP contribution is 2.34. The number of hydrogen-bond donors (Lipinski definition) is 0. The van der Waals surface area contributed by atoms with E-state index in [-0.39, 0.29) is 5.91 Å². The molecule has 1 amide bonds. The Morgan fingerprint density at radius 1 is 0.850 bits per heavy atom. The van der Waals surface area contributed by atoms with Crippen LogP contribution in [0.4, 0.5) is 0 Å². The molecule has 1 heterocycles. The second-order valence-electron chi connectivity index (χ2n) is 6.31. The Hall–Kier alpha value is -1.31. The first-order chi connectivity index (χ1) is 9.84. The van der Waals surface area contributed by atoms with E-state index in [4.69, 9.17) is 0 Å². The smallest absolute Gasteiger partial charge is 0.253 e. The number of nitrogens with zero attached hydrogens (tertiary/aromatic N) is 1. The number of benzene rings is 1. The van der Waals surface area contributed by atoms with Crippen LogP contribution < -0.4 is 0 Å². The molecule has 1 aromatic rings. The summed E-state index contributed by atoms with van der Waals surface area (Å²) in [5, 5.41) is 0. The van der Waals surface area contributed by atoms with Gasteiger partial charge in [-0.2, -0.15) is 0 Å². The average molecular weight is 271 g/mol. The van der Waals surface area contributed by atoms with E-state index in [0.29, 0.717) is 0 Å². The van der Waals surface area contributed by atoms with Crippen LogP contribution in [-0.4, -0.2) is 23.9 Å². The van der Waals surface area contributed by atoms with Crippen molar-refractivity contribution >= 4 is 5.91 Å². The van der Waals surface area contributed by atoms with E-state index in [2.05, 4.69) is 12.1 Å². The minimum Gasteiger partial charge on any atom is -0.339 e. The van der Waals surface area contributed by atoms with Crippen LogP contribution in [0.1, 0.15) is 73.2 Å². The molecule has 0 bridgehead atoms. The van der Waals surface area contributed by atoms with Crippen molar-refractivity contribution in [3.05, 3.63) is 35.4 Å². The number of likely N-dealkylation sites (tertiary alicyclic amines) is 1. The van der Waals surface area contributed by atoms with Crippen molar-refractivity contribution in [2.75, 3.05) is 13.1 Å². The van der Waals surface area contributed by atoms with Crippen molar-refractivity contribution < 1.29 is 4.79 Å². The molecule has 0 aromatic heterocycles. The molecule has 2 heteroatoms. The Morgan fingerprint density at radius 3 is 2.05 bits per heavy atom. The number of hydrogen-bond acceptors (Lipinski definition) is 1. The zero-order valence-electron chi connectivity index (χ0n) is 12.3. The van der Waals surface area contributed by atoms with Gasteiger partial charge in [-0.25, -0.2) is 0 Å². The predicted octanol–water partition coefficient (Wildman–Crippen LogP) is 4.36. The van der Waals surface area contributed by atoms with Gasteiger partial charge in [-0.1, -0.05) is 37.8 Å². The largest absolute Gasteiger partial charge is 0.339 e. The van der Waals surface area contributed by atoms with Crippen LogP contribution in [0.25, 0.3) is 0 Å². The van der Waals surface area contributed by atoms with E-state index in [1.54, 1.807) is 0 Å². The molecule has 1 aliphatic carbocycles. The zero-order chi connectivity index (χ0) is 13.8. The Labute approximate surface area is 122 Å². The molecule has 0 spiro atoms. The fourth-order valence-corrected chi connectivity index (χ4v) is 3.61. The SMILES string of the molecule is O=C(c1ccc(C2CCCC2)cc1)N1CCCCCC1. The van der Waals surface area contributed by atoms with Gasteiger partial charge in [0.25, 0.3) is 5.91 Å². The van der Waals surface area contributed by atoms with Crippen molar-refractivity contribution in [3.8, 4) is 0 Å². The molecule has 0 radical (unpaired) electrons. The molecule has 2 nitrogen and oxygen atoms in total. The highest BCUT2D eigenvalue weighted by molar-refractivity contribution is 5.94. The number of carbonyl (C=O) groups excluding carboxylic acids is 1. The van der Waals surface area contributed by atoms with Gasteiger partial charge in [-0.05, 0) is 49.3 Å². The zero-order valence-corrected chi connectivity index (χ0v) is 12.3. The van der Waals surface area contributed by atoms with Crippen LogP contribution >= 0.6 is 0 Å². The lowest BCUT2D eigenvalue weighted by Crippen LogP contribution is -2.31. The van der Waals surface area contributed by atoms with Crippen molar-refractivity contribution in [2.24, 2.45) is 0 Å². The molecular formula is C18H25NO. The molecule has 108 valence electrons. The van der Waals surface area contributed by atoms with Crippen LogP contribution in [0.3, 0.4) is 0 Å². The van der Waals surface area contributed by atoms with Gasteiger partial charge in [-0.15, -0.1) is 0 Å². The van der Waals surface area contributed by atoms with E-state index < -0.39 is 0 Å². The third-order valence-corrected chi connectivity index (χ3v) is 4.88. The van der Waals surface area contributed by atoms with Crippen LogP contribution in [0, 0.1) is 0 Å².